The Hall–Kier alpha value is -4.98. The van der Waals surface area contributed by atoms with Crippen LogP contribution in [0.1, 0.15) is 22.3 Å². The summed E-state index contributed by atoms with van der Waals surface area (Å²) >= 11 is 0. The molecule has 0 aliphatic carbocycles. The fraction of sp³-hybridized carbons (Fsp3) is 0. The average Bonchev–Trinajstić information content (AvgIpc) is 2.76. The van der Waals surface area contributed by atoms with Crippen molar-refractivity contribution in [1.29, 1.82) is 0 Å². The van der Waals surface area contributed by atoms with Crippen LogP contribution in [0.5, 0.6) is 46.0 Å². The zero-order valence-electron chi connectivity index (χ0n) is 17.5. The molecular formula is C26H20O8. The molecule has 172 valence electrons. The van der Waals surface area contributed by atoms with E-state index in [0.717, 1.165) is 0 Å². The van der Waals surface area contributed by atoms with Crippen LogP contribution >= 0.6 is 0 Å². The quantitative estimate of drug-likeness (QED) is 0.209. The molecule has 4 aromatic rings. The minimum absolute atomic E-state index is 0.292. The molecule has 0 saturated heterocycles. The number of rotatable bonds is 4. The van der Waals surface area contributed by atoms with Crippen LogP contribution in [0.25, 0.3) is 11.1 Å². The second-order valence-electron chi connectivity index (χ2n) is 7.44. The van der Waals surface area contributed by atoms with Crippen molar-refractivity contribution in [2.45, 2.75) is 0 Å². The van der Waals surface area contributed by atoms with Crippen LogP contribution in [0.3, 0.4) is 0 Å². The maximum atomic E-state index is 10.7. The van der Waals surface area contributed by atoms with Gasteiger partial charge in [-0.3, -0.25) is 0 Å². The van der Waals surface area contributed by atoms with Crippen LogP contribution in [0, 0.1) is 0 Å². The Morgan fingerprint density at radius 3 is 0.588 bits per heavy atom. The lowest BCUT2D eigenvalue weighted by molar-refractivity contribution is 0.438. The predicted octanol–water partition coefficient (Wildman–Crippen LogP) is 4.34. The van der Waals surface area contributed by atoms with Crippen LogP contribution in [0.2, 0.25) is 0 Å². The highest BCUT2D eigenvalue weighted by molar-refractivity contribution is 6.11. The maximum absolute atomic E-state index is 10.7. The van der Waals surface area contributed by atoms with E-state index in [0.29, 0.717) is 0 Å². The van der Waals surface area contributed by atoms with Gasteiger partial charge in [-0.25, -0.2) is 0 Å². The third-order valence-electron chi connectivity index (χ3n) is 5.33. The molecule has 0 atom stereocenters. The molecule has 0 unspecified atom stereocenters. The molecule has 8 nitrogen and oxygen atoms in total. The van der Waals surface area contributed by atoms with Crippen molar-refractivity contribution in [2.24, 2.45) is 0 Å². The van der Waals surface area contributed by atoms with Gasteiger partial charge in [0.05, 0.1) is 22.3 Å². The van der Waals surface area contributed by atoms with Crippen LogP contribution in [-0.2, 0) is 0 Å². The number of phenolic OH excluding ortho intramolecular Hbond substituents is 8. The van der Waals surface area contributed by atoms with E-state index in [-0.39, 0.29) is 33.4 Å². The number of hydrogen-bond donors (Lipinski definition) is 8. The summed E-state index contributed by atoms with van der Waals surface area (Å²) in [5.74, 6) is -3.89. The van der Waals surface area contributed by atoms with Gasteiger partial charge in [-0.1, -0.05) is 24.3 Å². The van der Waals surface area contributed by atoms with Gasteiger partial charge in [-0.05, 0) is 48.5 Å². The Morgan fingerprint density at radius 1 is 0.294 bits per heavy atom. The number of aromatic hydroxyl groups is 8. The molecule has 0 heterocycles. The molecule has 0 aliphatic rings. The van der Waals surface area contributed by atoms with E-state index in [1.165, 1.54) is 72.8 Å². The van der Waals surface area contributed by atoms with E-state index in [2.05, 4.69) is 0 Å². The highest BCUT2D eigenvalue weighted by Gasteiger charge is 2.30. The van der Waals surface area contributed by atoms with Crippen LogP contribution in [0.4, 0.5) is 0 Å². The Morgan fingerprint density at radius 2 is 0.441 bits per heavy atom. The summed E-state index contributed by atoms with van der Waals surface area (Å²) in [7, 11) is 0. The molecule has 0 saturated carbocycles. The summed E-state index contributed by atoms with van der Waals surface area (Å²) < 4.78 is 0. The highest BCUT2D eigenvalue weighted by atomic mass is 16.3. The molecule has 8 heteroatoms. The van der Waals surface area contributed by atoms with Crippen molar-refractivity contribution in [3.8, 4) is 46.0 Å². The van der Waals surface area contributed by atoms with Gasteiger partial charge in [0.2, 0.25) is 0 Å². The summed E-state index contributed by atoms with van der Waals surface area (Å²) in [5, 5.41) is 85.7. The van der Waals surface area contributed by atoms with Crippen molar-refractivity contribution in [1.82, 2.24) is 0 Å². The summed E-state index contributed by atoms with van der Waals surface area (Å²) in [4.78, 5) is 0. The smallest absolute Gasteiger partial charge is 0.127 e. The van der Waals surface area contributed by atoms with E-state index in [1.807, 2.05) is 0 Å². The molecular weight excluding hydrogens is 440 g/mol. The zero-order chi connectivity index (χ0) is 24.6. The van der Waals surface area contributed by atoms with Crippen molar-refractivity contribution < 1.29 is 40.9 Å². The summed E-state index contributed by atoms with van der Waals surface area (Å²) in [6.45, 7) is 0. The van der Waals surface area contributed by atoms with Gasteiger partial charge < -0.3 is 40.9 Å². The molecule has 0 aliphatic heterocycles. The van der Waals surface area contributed by atoms with Crippen molar-refractivity contribution in [3.05, 3.63) is 95.1 Å². The van der Waals surface area contributed by atoms with E-state index in [4.69, 9.17) is 0 Å². The predicted molar refractivity (Wildman–Crippen MR) is 124 cm³/mol. The van der Waals surface area contributed by atoms with Gasteiger partial charge in [-0.2, -0.15) is 0 Å². The van der Waals surface area contributed by atoms with Crippen LogP contribution in [-0.4, -0.2) is 40.9 Å². The molecule has 0 radical (unpaired) electrons. The highest BCUT2D eigenvalue weighted by Crippen LogP contribution is 2.53. The lowest BCUT2D eigenvalue weighted by Gasteiger charge is -2.22. The second-order valence-corrected chi connectivity index (χ2v) is 7.44. The Labute approximate surface area is 193 Å². The first kappa shape index (κ1) is 22.2. The van der Waals surface area contributed by atoms with Gasteiger partial charge in [-0.15, -0.1) is 0 Å². The fourth-order valence-electron chi connectivity index (χ4n) is 3.89. The summed E-state index contributed by atoms with van der Waals surface area (Å²) in [6.07, 6.45) is 0. The van der Waals surface area contributed by atoms with Gasteiger partial charge in [0.1, 0.15) is 46.0 Å². The second kappa shape index (κ2) is 8.51. The van der Waals surface area contributed by atoms with Crippen molar-refractivity contribution >= 4 is 11.1 Å². The minimum Gasteiger partial charge on any atom is -0.507 e. The summed E-state index contributed by atoms with van der Waals surface area (Å²) in [6, 6.07) is 15.3. The maximum Gasteiger partial charge on any atom is 0.127 e. The third kappa shape index (κ3) is 3.63. The summed E-state index contributed by atoms with van der Waals surface area (Å²) in [5.41, 5.74) is -1.81. The van der Waals surface area contributed by atoms with E-state index in [9.17, 15) is 40.9 Å². The molecule has 0 fully saturated rings. The zero-order valence-corrected chi connectivity index (χ0v) is 17.5. The fourth-order valence-corrected chi connectivity index (χ4v) is 3.89. The standard InChI is InChI=1S/C26H20O8/c27-13-5-1-6-14(28)21(13)25(22-15(29)7-2-8-16(22)30)26(23-17(31)9-3-10-18(23)32)24-19(33)11-4-12-20(24)34/h1-12,27-34H. The molecule has 8 N–H and O–H groups in total. The topological polar surface area (TPSA) is 162 Å². The first-order chi connectivity index (χ1) is 16.2. The first-order valence-corrected chi connectivity index (χ1v) is 10.0. The third-order valence-corrected chi connectivity index (χ3v) is 5.33. The van der Waals surface area contributed by atoms with Gasteiger partial charge in [0.15, 0.2) is 0 Å². The molecule has 0 amide bonds. The Kier molecular flexibility index (Phi) is 5.56. The molecule has 4 rings (SSSR count). The van der Waals surface area contributed by atoms with Gasteiger partial charge >= 0.3 is 0 Å². The molecule has 34 heavy (non-hydrogen) atoms. The number of benzene rings is 4. The molecule has 4 aromatic carbocycles. The lowest BCUT2D eigenvalue weighted by atomic mass is 9.83. The number of phenols is 8. The monoisotopic (exact) mass is 460 g/mol. The Balaban J connectivity index is 2.37. The SMILES string of the molecule is Oc1cccc(O)c1C(=C(c1c(O)cccc1O)c1c(O)cccc1O)c1c(O)cccc1O. The Bertz CT molecular complexity index is 1140. The van der Waals surface area contributed by atoms with E-state index in [1.54, 1.807) is 0 Å². The average molecular weight is 460 g/mol. The van der Waals surface area contributed by atoms with E-state index < -0.39 is 46.0 Å². The first-order valence-electron chi connectivity index (χ1n) is 10.0. The van der Waals surface area contributed by atoms with Gasteiger partial charge in [0, 0.05) is 11.1 Å². The largest absolute Gasteiger partial charge is 0.507 e. The molecule has 0 bridgehead atoms. The normalized spacial score (nSPS) is 10.7. The number of hydrogen-bond acceptors (Lipinski definition) is 8. The molecule has 0 aromatic heterocycles. The van der Waals surface area contributed by atoms with E-state index >= 15 is 0 Å². The van der Waals surface area contributed by atoms with Gasteiger partial charge in [0.25, 0.3) is 0 Å². The van der Waals surface area contributed by atoms with Crippen molar-refractivity contribution in [3.63, 3.8) is 0 Å². The van der Waals surface area contributed by atoms with Crippen LogP contribution in [0.15, 0.2) is 72.8 Å². The lowest BCUT2D eigenvalue weighted by Crippen LogP contribution is -2.01. The van der Waals surface area contributed by atoms with Crippen molar-refractivity contribution in [2.75, 3.05) is 0 Å². The minimum atomic E-state index is -0.486. The molecule has 0 spiro atoms. The van der Waals surface area contributed by atoms with Crippen LogP contribution < -0.4 is 0 Å².